The third kappa shape index (κ3) is 2.53. The molecule has 5 nitrogen and oxygen atoms in total. The number of halogens is 1. The predicted molar refractivity (Wildman–Crippen MR) is 105 cm³/mol. The Kier molecular flexibility index (Phi) is 3.47. The number of hydrogen-bond acceptors (Lipinski definition) is 4. The number of benzene rings is 2. The molecule has 2 aromatic carbocycles. The lowest BCUT2D eigenvalue weighted by Crippen LogP contribution is -2.00. The van der Waals surface area contributed by atoms with Crippen molar-refractivity contribution in [1.82, 2.24) is 14.5 Å². The minimum atomic E-state index is 0.207. The van der Waals surface area contributed by atoms with Gasteiger partial charge in [0.05, 0.1) is 11.9 Å². The van der Waals surface area contributed by atoms with Crippen LogP contribution in [0.15, 0.2) is 65.8 Å². The van der Waals surface area contributed by atoms with Crippen molar-refractivity contribution < 1.29 is 0 Å². The van der Waals surface area contributed by atoms with Crippen molar-refractivity contribution in [1.29, 1.82) is 0 Å². The van der Waals surface area contributed by atoms with E-state index in [0.29, 0.717) is 5.82 Å². The van der Waals surface area contributed by atoms with Crippen LogP contribution in [0, 0.1) is 0 Å². The Labute approximate surface area is 155 Å². The molecule has 126 valence electrons. The van der Waals surface area contributed by atoms with Crippen LogP contribution >= 0.6 is 11.6 Å². The van der Waals surface area contributed by atoms with E-state index in [2.05, 4.69) is 32.4 Å². The predicted octanol–water partition coefficient (Wildman–Crippen LogP) is 4.75. The number of aromatic nitrogens is 3. The van der Waals surface area contributed by atoms with Gasteiger partial charge in [0.2, 0.25) is 5.28 Å². The molecule has 4 aromatic rings. The molecule has 26 heavy (non-hydrogen) atoms. The first-order valence-electron chi connectivity index (χ1n) is 8.28. The number of rotatable bonds is 3. The van der Waals surface area contributed by atoms with Gasteiger partial charge in [-0.15, -0.1) is 0 Å². The van der Waals surface area contributed by atoms with Crippen LogP contribution in [0.1, 0.15) is 11.1 Å². The highest BCUT2D eigenvalue weighted by Crippen LogP contribution is 2.29. The molecule has 2 aromatic heterocycles. The number of nitrogens with one attached hydrogen (secondary N) is 1. The van der Waals surface area contributed by atoms with E-state index in [4.69, 9.17) is 11.6 Å². The van der Waals surface area contributed by atoms with Gasteiger partial charge in [0.15, 0.2) is 5.65 Å². The second-order valence-electron chi connectivity index (χ2n) is 6.11. The van der Waals surface area contributed by atoms with E-state index in [9.17, 15) is 0 Å². The van der Waals surface area contributed by atoms with Gasteiger partial charge in [0, 0.05) is 23.8 Å². The molecular formula is C20H14ClN5. The third-order valence-corrected chi connectivity index (χ3v) is 4.62. The summed E-state index contributed by atoms with van der Waals surface area (Å²) in [6, 6.07) is 18.2. The zero-order valence-corrected chi connectivity index (χ0v) is 14.5. The van der Waals surface area contributed by atoms with Crippen LogP contribution in [0.25, 0.3) is 16.7 Å². The van der Waals surface area contributed by atoms with Crippen molar-refractivity contribution in [3.05, 3.63) is 77.2 Å². The molecule has 0 atom stereocenters. The van der Waals surface area contributed by atoms with Gasteiger partial charge in [-0.2, -0.15) is 9.97 Å². The van der Waals surface area contributed by atoms with Crippen LogP contribution in [0.4, 0.5) is 11.5 Å². The lowest BCUT2D eigenvalue weighted by molar-refractivity contribution is 1.08. The Balaban J connectivity index is 1.60. The molecular weight excluding hydrogens is 346 g/mol. The zero-order chi connectivity index (χ0) is 17.5. The number of fused-ring (bicyclic) bond motifs is 2. The molecule has 0 fully saturated rings. The van der Waals surface area contributed by atoms with Crippen molar-refractivity contribution in [2.75, 3.05) is 5.32 Å². The fourth-order valence-corrected chi connectivity index (χ4v) is 3.36. The molecule has 0 aliphatic carbocycles. The van der Waals surface area contributed by atoms with E-state index >= 15 is 0 Å². The van der Waals surface area contributed by atoms with E-state index in [1.54, 1.807) is 0 Å². The first-order valence-corrected chi connectivity index (χ1v) is 8.65. The smallest absolute Gasteiger partial charge is 0.226 e. The molecule has 6 heteroatoms. The highest BCUT2D eigenvalue weighted by Gasteiger charge is 2.13. The largest absolute Gasteiger partial charge is 0.340 e. The summed E-state index contributed by atoms with van der Waals surface area (Å²) in [6.07, 6.45) is 3.88. The highest BCUT2D eigenvalue weighted by atomic mass is 35.5. The van der Waals surface area contributed by atoms with Crippen molar-refractivity contribution >= 4 is 40.4 Å². The average Bonchev–Trinajstić information content (AvgIpc) is 3.28. The minimum absolute atomic E-state index is 0.207. The Morgan fingerprint density at radius 3 is 2.77 bits per heavy atom. The van der Waals surface area contributed by atoms with Gasteiger partial charge < -0.3 is 9.88 Å². The van der Waals surface area contributed by atoms with Gasteiger partial charge in [-0.25, -0.2) is 0 Å². The van der Waals surface area contributed by atoms with E-state index in [0.717, 1.165) is 34.5 Å². The van der Waals surface area contributed by atoms with Gasteiger partial charge in [-0.05, 0) is 53.1 Å². The van der Waals surface area contributed by atoms with E-state index in [-0.39, 0.29) is 5.28 Å². The van der Waals surface area contributed by atoms with Crippen molar-refractivity contribution in [3.63, 3.8) is 0 Å². The fraction of sp³-hybridized carbons (Fsp3) is 0.0500. The highest BCUT2D eigenvalue weighted by molar-refractivity contribution is 6.28. The zero-order valence-electron chi connectivity index (χ0n) is 13.7. The topological polar surface area (TPSA) is 55.1 Å². The van der Waals surface area contributed by atoms with Gasteiger partial charge in [-0.3, -0.25) is 4.99 Å². The van der Waals surface area contributed by atoms with Crippen molar-refractivity contribution in [2.24, 2.45) is 4.99 Å². The van der Waals surface area contributed by atoms with Gasteiger partial charge >= 0.3 is 0 Å². The summed E-state index contributed by atoms with van der Waals surface area (Å²) in [7, 11) is 0. The SMILES string of the molecule is Clc1nc(Nc2ccc3c(c2)C=NC3)c2ccn(-c3ccccc3)c2n1. The monoisotopic (exact) mass is 359 g/mol. The van der Waals surface area contributed by atoms with Crippen LogP contribution in [-0.4, -0.2) is 20.7 Å². The number of nitrogens with zero attached hydrogens (tertiary/aromatic N) is 4. The summed E-state index contributed by atoms with van der Waals surface area (Å²) in [5.74, 6) is 0.685. The Hall–Kier alpha value is -3.18. The summed E-state index contributed by atoms with van der Waals surface area (Å²) in [6.45, 7) is 0.749. The lowest BCUT2D eigenvalue weighted by Gasteiger charge is -2.10. The molecule has 5 rings (SSSR count). The van der Waals surface area contributed by atoms with Crippen LogP contribution in [0.2, 0.25) is 5.28 Å². The van der Waals surface area contributed by atoms with Gasteiger partial charge in [0.1, 0.15) is 5.82 Å². The first-order chi connectivity index (χ1) is 12.8. The molecule has 0 radical (unpaired) electrons. The average molecular weight is 360 g/mol. The second kappa shape index (κ2) is 5.97. The molecule has 0 saturated heterocycles. The summed E-state index contributed by atoms with van der Waals surface area (Å²) in [5, 5.41) is 4.49. The third-order valence-electron chi connectivity index (χ3n) is 4.45. The Morgan fingerprint density at radius 1 is 1.00 bits per heavy atom. The second-order valence-corrected chi connectivity index (χ2v) is 6.45. The molecule has 0 bridgehead atoms. The normalized spacial score (nSPS) is 12.5. The summed E-state index contributed by atoms with van der Waals surface area (Å²) in [5.41, 5.74) is 5.10. The Morgan fingerprint density at radius 2 is 1.88 bits per heavy atom. The number of aliphatic imine (C=N–C) groups is 1. The molecule has 0 spiro atoms. The van der Waals surface area contributed by atoms with Gasteiger partial charge in [0.25, 0.3) is 0 Å². The van der Waals surface area contributed by atoms with Gasteiger partial charge in [-0.1, -0.05) is 24.3 Å². The van der Waals surface area contributed by atoms with Crippen LogP contribution in [0.5, 0.6) is 0 Å². The lowest BCUT2D eigenvalue weighted by atomic mass is 10.1. The maximum absolute atomic E-state index is 6.20. The van der Waals surface area contributed by atoms with E-state index in [1.165, 1.54) is 5.56 Å². The molecule has 1 aliphatic rings. The number of para-hydroxylation sites is 1. The summed E-state index contributed by atoms with van der Waals surface area (Å²) < 4.78 is 2.00. The maximum Gasteiger partial charge on any atom is 0.226 e. The summed E-state index contributed by atoms with van der Waals surface area (Å²) in [4.78, 5) is 13.1. The van der Waals surface area contributed by atoms with Crippen LogP contribution in [0.3, 0.4) is 0 Å². The van der Waals surface area contributed by atoms with E-state index < -0.39 is 0 Å². The van der Waals surface area contributed by atoms with Crippen LogP contribution in [-0.2, 0) is 6.54 Å². The molecule has 1 aliphatic heterocycles. The molecule has 3 heterocycles. The molecule has 0 unspecified atom stereocenters. The first kappa shape index (κ1) is 15.1. The fourth-order valence-electron chi connectivity index (χ4n) is 3.20. The molecule has 0 saturated carbocycles. The number of hydrogen-bond donors (Lipinski definition) is 1. The summed E-state index contributed by atoms with van der Waals surface area (Å²) >= 11 is 6.20. The van der Waals surface area contributed by atoms with Crippen LogP contribution < -0.4 is 5.32 Å². The maximum atomic E-state index is 6.20. The molecule has 1 N–H and O–H groups in total. The quantitative estimate of drug-likeness (QED) is 0.537. The van der Waals surface area contributed by atoms with E-state index in [1.807, 2.05) is 59.4 Å². The standard InChI is InChI=1S/C20H14ClN5/c21-20-24-18(23-15-7-6-13-11-22-12-14(13)10-15)17-8-9-26(19(17)25-20)16-4-2-1-3-5-16/h1-10,12H,11H2,(H,23,24,25). The molecule has 0 amide bonds. The van der Waals surface area contributed by atoms with Crippen molar-refractivity contribution in [3.8, 4) is 5.69 Å². The van der Waals surface area contributed by atoms with Crippen molar-refractivity contribution in [2.45, 2.75) is 6.54 Å². The minimum Gasteiger partial charge on any atom is -0.340 e. The Bertz CT molecular complexity index is 1150. The number of anilines is 2.